The van der Waals surface area contributed by atoms with E-state index < -0.39 is 5.60 Å². The number of aliphatic hydroxyl groups excluding tert-OH is 1. The van der Waals surface area contributed by atoms with E-state index in [4.69, 9.17) is 4.74 Å². The summed E-state index contributed by atoms with van der Waals surface area (Å²) in [7, 11) is 0. The Morgan fingerprint density at radius 2 is 1.95 bits per heavy atom. The number of hydrogen-bond acceptors (Lipinski definition) is 3. The van der Waals surface area contributed by atoms with Gasteiger partial charge in [0.2, 0.25) is 0 Å². The van der Waals surface area contributed by atoms with Gasteiger partial charge in [0, 0.05) is 18.5 Å². The van der Waals surface area contributed by atoms with Crippen LogP contribution >= 0.6 is 0 Å². The highest BCUT2D eigenvalue weighted by atomic mass is 16.6. The van der Waals surface area contributed by atoms with Gasteiger partial charge in [-0.05, 0) is 45.4 Å². The number of aliphatic hydroxyl groups is 1. The van der Waals surface area contributed by atoms with Gasteiger partial charge in [-0.2, -0.15) is 0 Å². The second-order valence-corrected chi connectivity index (χ2v) is 7.59. The summed E-state index contributed by atoms with van der Waals surface area (Å²) in [5, 5.41) is 10.5. The van der Waals surface area contributed by atoms with E-state index in [1.54, 1.807) is 4.90 Å². The zero-order valence-corrected chi connectivity index (χ0v) is 12.8. The molecule has 1 saturated carbocycles. The molecule has 1 N–H and O–H groups in total. The molecule has 1 heterocycles. The van der Waals surface area contributed by atoms with Crippen molar-refractivity contribution >= 4 is 6.09 Å². The van der Waals surface area contributed by atoms with Crippen LogP contribution in [-0.4, -0.2) is 40.9 Å². The highest BCUT2D eigenvalue weighted by Crippen LogP contribution is 2.50. The fourth-order valence-corrected chi connectivity index (χ4v) is 3.43. The van der Waals surface area contributed by atoms with Crippen molar-refractivity contribution in [2.45, 2.75) is 59.2 Å². The highest BCUT2D eigenvalue weighted by Gasteiger charge is 2.56. The fraction of sp³-hybridized carbons (Fsp3) is 0.933. The van der Waals surface area contributed by atoms with Gasteiger partial charge >= 0.3 is 6.09 Å². The van der Waals surface area contributed by atoms with Crippen molar-refractivity contribution < 1.29 is 14.6 Å². The normalized spacial score (nSPS) is 29.7. The number of likely N-dealkylation sites (tertiary alicyclic amines) is 1. The van der Waals surface area contributed by atoms with Crippen molar-refractivity contribution in [3.05, 3.63) is 0 Å². The molecular formula is C15H27NO3. The molecule has 1 aliphatic heterocycles. The Kier molecular flexibility index (Phi) is 3.58. The van der Waals surface area contributed by atoms with Crippen LogP contribution in [0.1, 0.15) is 47.5 Å². The van der Waals surface area contributed by atoms with Crippen LogP contribution in [0, 0.1) is 17.3 Å². The summed E-state index contributed by atoms with van der Waals surface area (Å²) < 4.78 is 5.36. The monoisotopic (exact) mass is 269 g/mol. The average molecular weight is 269 g/mol. The molecule has 0 aromatic rings. The number of carbonyl (C=O) groups excluding carboxylic acids is 1. The van der Waals surface area contributed by atoms with E-state index in [0.717, 1.165) is 12.8 Å². The zero-order valence-electron chi connectivity index (χ0n) is 12.8. The Bertz CT molecular complexity index is 353. The standard InChI is InChI=1S/C15H27NO3/c1-10(2)11-6-7-15(12(11)17)8-16(9-15)13(18)19-14(3,4)5/h10-12,17H,6-9H2,1-5H3. The molecule has 1 spiro atoms. The largest absolute Gasteiger partial charge is 0.444 e. The van der Waals surface area contributed by atoms with Crippen molar-refractivity contribution in [2.75, 3.05) is 13.1 Å². The number of nitrogens with zero attached hydrogens (tertiary/aromatic N) is 1. The predicted molar refractivity (Wildman–Crippen MR) is 73.8 cm³/mol. The van der Waals surface area contributed by atoms with E-state index in [2.05, 4.69) is 13.8 Å². The molecule has 1 saturated heterocycles. The van der Waals surface area contributed by atoms with Crippen LogP contribution in [-0.2, 0) is 4.74 Å². The molecule has 4 heteroatoms. The third-order valence-electron chi connectivity index (χ3n) is 4.53. The van der Waals surface area contributed by atoms with Crippen LogP contribution < -0.4 is 0 Å². The van der Waals surface area contributed by atoms with Crippen LogP contribution in [0.5, 0.6) is 0 Å². The first-order valence-electron chi connectivity index (χ1n) is 7.31. The number of carbonyl (C=O) groups is 1. The summed E-state index contributed by atoms with van der Waals surface area (Å²) in [6.07, 6.45) is 1.57. The van der Waals surface area contributed by atoms with Gasteiger partial charge in [-0.3, -0.25) is 0 Å². The molecule has 110 valence electrons. The number of amides is 1. The van der Waals surface area contributed by atoms with E-state index >= 15 is 0 Å². The van der Waals surface area contributed by atoms with Gasteiger partial charge in [0.05, 0.1) is 6.10 Å². The van der Waals surface area contributed by atoms with Gasteiger partial charge in [0.25, 0.3) is 0 Å². The van der Waals surface area contributed by atoms with E-state index in [9.17, 15) is 9.90 Å². The summed E-state index contributed by atoms with van der Waals surface area (Å²) in [6.45, 7) is 11.2. The minimum atomic E-state index is -0.450. The second kappa shape index (κ2) is 4.65. The van der Waals surface area contributed by atoms with E-state index in [1.165, 1.54) is 0 Å². The number of hydrogen-bond donors (Lipinski definition) is 1. The van der Waals surface area contributed by atoms with Gasteiger partial charge in [0.1, 0.15) is 5.60 Å². The van der Waals surface area contributed by atoms with E-state index in [0.29, 0.717) is 24.9 Å². The van der Waals surface area contributed by atoms with Crippen molar-refractivity contribution in [2.24, 2.45) is 17.3 Å². The quantitative estimate of drug-likeness (QED) is 0.796. The lowest BCUT2D eigenvalue weighted by atomic mass is 9.74. The summed E-state index contributed by atoms with van der Waals surface area (Å²) in [5.74, 6) is 0.880. The zero-order chi connectivity index (χ0) is 14.4. The molecule has 0 radical (unpaired) electrons. The Hall–Kier alpha value is -0.770. The molecule has 4 nitrogen and oxygen atoms in total. The maximum atomic E-state index is 11.9. The maximum absolute atomic E-state index is 11.9. The predicted octanol–water partition coefficient (Wildman–Crippen LogP) is 2.65. The van der Waals surface area contributed by atoms with Crippen LogP contribution in [0.4, 0.5) is 4.79 Å². The highest BCUT2D eigenvalue weighted by molar-refractivity contribution is 5.69. The number of ether oxygens (including phenoxy) is 1. The Morgan fingerprint density at radius 1 is 1.37 bits per heavy atom. The SMILES string of the molecule is CC(C)C1CCC2(CN(C(=O)OC(C)(C)C)C2)C1O. The average Bonchev–Trinajstić information content (AvgIpc) is 2.50. The molecule has 2 fully saturated rings. The van der Waals surface area contributed by atoms with Crippen molar-refractivity contribution in [1.29, 1.82) is 0 Å². The van der Waals surface area contributed by atoms with Gasteiger partial charge in [-0.1, -0.05) is 13.8 Å². The first kappa shape index (κ1) is 14.6. The Balaban J connectivity index is 1.91. The lowest BCUT2D eigenvalue weighted by molar-refractivity contribution is -0.0910. The minimum Gasteiger partial charge on any atom is -0.444 e. The van der Waals surface area contributed by atoms with Crippen LogP contribution in [0.3, 0.4) is 0 Å². The van der Waals surface area contributed by atoms with Gasteiger partial charge in [-0.15, -0.1) is 0 Å². The second-order valence-electron chi connectivity index (χ2n) is 7.59. The first-order chi connectivity index (χ1) is 8.65. The molecule has 2 aliphatic rings. The first-order valence-corrected chi connectivity index (χ1v) is 7.31. The Morgan fingerprint density at radius 3 is 2.37 bits per heavy atom. The summed E-state index contributed by atoms with van der Waals surface area (Å²) in [5.41, 5.74) is -0.513. The molecule has 19 heavy (non-hydrogen) atoms. The molecular weight excluding hydrogens is 242 g/mol. The fourth-order valence-electron chi connectivity index (χ4n) is 3.43. The third kappa shape index (κ3) is 2.73. The summed E-state index contributed by atoms with van der Waals surface area (Å²) in [4.78, 5) is 13.6. The number of rotatable bonds is 1. The topological polar surface area (TPSA) is 49.8 Å². The Labute approximate surface area is 116 Å². The molecule has 0 aromatic carbocycles. The van der Waals surface area contributed by atoms with Crippen LogP contribution in [0.2, 0.25) is 0 Å². The summed E-state index contributed by atoms with van der Waals surface area (Å²) in [6, 6.07) is 0. The van der Waals surface area contributed by atoms with Gasteiger partial charge in [0.15, 0.2) is 0 Å². The lowest BCUT2D eigenvalue weighted by Crippen LogP contribution is -2.63. The molecule has 2 rings (SSSR count). The third-order valence-corrected chi connectivity index (χ3v) is 4.53. The van der Waals surface area contributed by atoms with E-state index in [1.807, 2.05) is 20.8 Å². The maximum Gasteiger partial charge on any atom is 0.410 e. The van der Waals surface area contributed by atoms with Crippen molar-refractivity contribution in [3.8, 4) is 0 Å². The molecule has 1 aliphatic carbocycles. The van der Waals surface area contributed by atoms with Crippen molar-refractivity contribution in [3.63, 3.8) is 0 Å². The molecule has 2 atom stereocenters. The summed E-state index contributed by atoms with van der Waals surface area (Å²) >= 11 is 0. The van der Waals surface area contributed by atoms with Gasteiger partial charge < -0.3 is 14.7 Å². The van der Waals surface area contributed by atoms with Gasteiger partial charge in [-0.25, -0.2) is 4.79 Å². The minimum absolute atomic E-state index is 0.0636. The van der Waals surface area contributed by atoms with E-state index in [-0.39, 0.29) is 17.6 Å². The lowest BCUT2D eigenvalue weighted by Gasteiger charge is -2.50. The molecule has 1 amide bonds. The van der Waals surface area contributed by atoms with Crippen LogP contribution in [0.25, 0.3) is 0 Å². The molecule has 0 aromatic heterocycles. The van der Waals surface area contributed by atoms with Crippen molar-refractivity contribution in [1.82, 2.24) is 4.90 Å². The molecule has 0 bridgehead atoms. The molecule has 2 unspecified atom stereocenters. The van der Waals surface area contributed by atoms with Crippen LogP contribution in [0.15, 0.2) is 0 Å². The smallest absolute Gasteiger partial charge is 0.410 e.